The summed E-state index contributed by atoms with van der Waals surface area (Å²) in [4.78, 5) is 4.44. The number of benzene rings is 1. The highest BCUT2D eigenvalue weighted by atomic mass is 79.9. The summed E-state index contributed by atoms with van der Waals surface area (Å²) in [5, 5.41) is 3.30. The van der Waals surface area contributed by atoms with Crippen molar-refractivity contribution < 1.29 is 0 Å². The van der Waals surface area contributed by atoms with Crippen LogP contribution in [0.5, 0.6) is 0 Å². The predicted octanol–water partition coefficient (Wildman–Crippen LogP) is 2.19. The molecule has 1 heterocycles. The van der Waals surface area contributed by atoms with Gasteiger partial charge in [-0.05, 0) is 12.5 Å². The second kappa shape index (κ2) is 3.92. The normalized spacial score (nSPS) is 16.2. The Morgan fingerprint density at radius 1 is 1.31 bits per heavy atom. The smallest absolute Gasteiger partial charge is 0.129 e. The van der Waals surface area contributed by atoms with Crippen LogP contribution in [0.4, 0.5) is 0 Å². The van der Waals surface area contributed by atoms with Gasteiger partial charge in [-0.25, -0.2) is 0 Å². The summed E-state index contributed by atoms with van der Waals surface area (Å²) in [7, 11) is 0. The molecule has 0 aromatic heterocycles. The van der Waals surface area contributed by atoms with Gasteiger partial charge in [0.1, 0.15) is 5.84 Å². The number of hydrogen-bond acceptors (Lipinski definition) is 2. The number of nitrogens with one attached hydrogen (secondary N) is 1. The maximum atomic E-state index is 4.44. The van der Waals surface area contributed by atoms with E-state index in [1.807, 2.05) is 18.2 Å². The van der Waals surface area contributed by atoms with Crippen molar-refractivity contribution in [3.63, 3.8) is 0 Å². The molecule has 1 aliphatic heterocycles. The lowest BCUT2D eigenvalue weighted by molar-refractivity contribution is 0.742. The molecule has 0 unspecified atom stereocenters. The van der Waals surface area contributed by atoms with Gasteiger partial charge in [0.15, 0.2) is 0 Å². The fourth-order valence-electron chi connectivity index (χ4n) is 1.37. The third kappa shape index (κ3) is 1.91. The number of halogens is 1. The lowest BCUT2D eigenvalue weighted by Gasteiger charge is -2.15. The molecule has 0 bridgehead atoms. The molecule has 0 aliphatic carbocycles. The van der Waals surface area contributed by atoms with Crippen molar-refractivity contribution in [2.75, 3.05) is 13.1 Å². The van der Waals surface area contributed by atoms with E-state index < -0.39 is 0 Å². The molecule has 3 heteroatoms. The van der Waals surface area contributed by atoms with Gasteiger partial charge in [0.25, 0.3) is 0 Å². The highest BCUT2D eigenvalue weighted by Crippen LogP contribution is 2.16. The van der Waals surface area contributed by atoms with Crippen LogP contribution in [0.3, 0.4) is 0 Å². The summed E-state index contributed by atoms with van der Waals surface area (Å²) in [5.74, 6) is 1.01. The molecule has 1 N–H and O–H groups in total. The first kappa shape index (κ1) is 8.75. The minimum Gasteiger partial charge on any atom is -0.370 e. The lowest BCUT2D eigenvalue weighted by Crippen LogP contribution is -2.30. The minimum atomic E-state index is 0.934. The van der Waals surface area contributed by atoms with Crippen molar-refractivity contribution in [2.45, 2.75) is 6.42 Å². The fraction of sp³-hybridized carbons (Fsp3) is 0.300. The molecule has 13 heavy (non-hydrogen) atoms. The maximum absolute atomic E-state index is 4.44. The Morgan fingerprint density at radius 2 is 2.15 bits per heavy atom. The molecule has 1 aliphatic rings. The van der Waals surface area contributed by atoms with Gasteiger partial charge in [0, 0.05) is 23.1 Å². The number of amidine groups is 1. The molecule has 0 atom stereocenters. The van der Waals surface area contributed by atoms with E-state index in [0.717, 1.165) is 35.4 Å². The van der Waals surface area contributed by atoms with E-state index in [2.05, 4.69) is 32.3 Å². The maximum Gasteiger partial charge on any atom is 0.129 e. The van der Waals surface area contributed by atoms with Crippen LogP contribution in [0.15, 0.2) is 33.7 Å². The van der Waals surface area contributed by atoms with Gasteiger partial charge in [0.05, 0.1) is 0 Å². The Hall–Kier alpha value is -0.830. The number of aliphatic imine (C=N–C) groups is 1. The topological polar surface area (TPSA) is 24.4 Å². The molecule has 1 aromatic carbocycles. The zero-order chi connectivity index (χ0) is 9.10. The average Bonchev–Trinajstić information content (AvgIpc) is 2.20. The summed E-state index contributed by atoms with van der Waals surface area (Å²) in [6.45, 7) is 1.96. The first-order valence-electron chi connectivity index (χ1n) is 4.41. The van der Waals surface area contributed by atoms with Gasteiger partial charge in [-0.2, -0.15) is 0 Å². The Morgan fingerprint density at radius 3 is 2.85 bits per heavy atom. The van der Waals surface area contributed by atoms with Crippen molar-refractivity contribution in [1.29, 1.82) is 0 Å². The van der Waals surface area contributed by atoms with Crippen LogP contribution in [0, 0.1) is 0 Å². The molecule has 2 nitrogen and oxygen atoms in total. The van der Waals surface area contributed by atoms with Gasteiger partial charge in [-0.1, -0.05) is 34.1 Å². The molecule has 2 rings (SSSR count). The van der Waals surface area contributed by atoms with Crippen LogP contribution in [0.1, 0.15) is 12.0 Å². The number of rotatable bonds is 1. The molecule has 0 amide bonds. The van der Waals surface area contributed by atoms with E-state index in [0.29, 0.717) is 0 Å². The van der Waals surface area contributed by atoms with Crippen molar-refractivity contribution in [2.24, 2.45) is 4.99 Å². The molecule has 0 saturated heterocycles. The van der Waals surface area contributed by atoms with Crippen LogP contribution < -0.4 is 5.32 Å². The zero-order valence-electron chi connectivity index (χ0n) is 7.26. The van der Waals surface area contributed by atoms with Gasteiger partial charge in [0.2, 0.25) is 0 Å². The molecule has 0 radical (unpaired) electrons. The van der Waals surface area contributed by atoms with Gasteiger partial charge in [-0.15, -0.1) is 0 Å². The summed E-state index contributed by atoms with van der Waals surface area (Å²) in [5.41, 5.74) is 1.15. The Balaban J connectivity index is 2.34. The molecule has 0 spiro atoms. The van der Waals surface area contributed by atoms with Gasteiger partial charge < -0.3 is 5.32 Å². The second-order valence-corrected chi connectivity index (χ2v) is 3.84. The van der Waals surface area contributed by atoms with Gasteiger partial charge in [-0.3, -0.25) is 4.99 Å². The quantitative estimate of drug-likeness (QED) is 0.798. The van der Waals surface area contributed by atoms with E-state index in [1.54, 1.807) is 0 Å². The highest BCUT2D eigenvalue weighted by molar-refractivity contribution is 9.10. The van der Waals surface area contributed by atoms with E-state index >= 15 is 0 Å². The monoisotopic (exact) mass is 238 g/mol. The van der Waals surface area contributed by atoms with E-state index in [1.165, 1.54) is 0 Å². The molecular formula is C10H11BrN2. The molecule has 0 fully saturated rings. The van der Waals surface area contributed by atoms with Crippen LogP contribution in [0.25, 0.3) is 0 Å². The minimum absolute atomic E-state index is 0.934. The summed E-state index contributed by atoms with van der Waals surface area (Å²) < 4.78 is 1.10. The van der Waals surface area contributed by atoms with Gasteiger partial charge >= 0.3 is 0 Å². The van der Waals surface area contributed by atoms with Crippen LogP contribution in [0.2, 0.25) is 0 Å². The Labute approximate surface area is 86.2 Å². The standard InChI is InChI=1S/C10H11BrN2/c11-9-5-2-1-4-8(9)10-12-6-3-7-13-10/h1-2,4-5H,3,6-7H2,(H,12,13). The highest BCUT2D eigenvalue weighted by Gasteiger charge is 2.08. The zero-order valence-corrected chi connectivity index (χ0v) is 8.84. The number of nitrogens with zero attached hydrogens (tertiary/aromatic N) is 1. The van der Waals surface area contributed by atoms with E-state index in [4.69, 9.17) is 0 Å². The first-order chi connectivity index (χ1) is 6.38. The summed E-state index contributed by atoms with van der Waals surface area (Å²) in [6, 6.07) is 8.14. The van der Waals surface area contributed by atoms with E-state index in [-0.39, 0.29) is 0 Å². The third-order valence-electron chi connectivity index (χ3n) is 2.03. The van der Waals surface area contributed by atoms with Crippen molar-refractivity contribution in [3.8, 4) is 0 Å². The summed E-state index contributed by atoms with van der Waals surface area (Å²) in [6.07, 6.45) is 1.13. The van der Waals surface area contributed by atoms with Crippen molar-refractivity contribution in [1.82, 2.24) is 5.32 Å². The Kier molecular flexibility index (Phi) is 2.64. The van der Waals surface area contributed by atoms with E-state index in [9.17, 15) is 0 Å². The average molecular weight is 239 g/mol. The molecule has 68 valence electrons. The lowest BCUT2D eigenvalue weighted by atomic mass is 10.2. The second-order valence-electron chi connectivity index (χ2n) is 2.99. The molecule has 0 saturated carbocycles. The summed E-state index contributed by atoms with van der Waals surface area (Å²) >= 11 is 3.51. The number of hydrogen-bond donors (Lipinski definition) is 1. The SMILES string of the molecule is Brc1ccccc1C1=NCCCN1. The Bertz CT molecular complexity index is 333. The fourth-order valence-corrected chi connectivity index (χ4v) is 1.84. The van der Waals surface area contributed by atoms with Crippen LogP contribution in [-0.4, -0.2) is 18.9 Å². The third-order valence-corrected chi connectivity index (χ3v) is 2.72. The predicted molar refractivity (Wildman–Crippen MR) is 58.2 cm³/mol. The molecular weight excluding hydrogens is 228 g/mol. The van der Waals surface area contributed by atoms with Crippen molar-refractivity contribution in [3.05, 3.63) is 34.3 Å². The first-order valence-corrected chi connectivity index (χ1v) is 5.20. The van der Waals surface area contributed by atoms with Crippen LogP contribution >= 0.6 is 15.9 Å². The largest absolute Gasteiger partial charge is 0.370 e. The molecule has 1 aromatic rings. The van der Waals surface area contributed by atoms with Crippen LogP contribution in [-0.2, 0) is 0 Å². The van der Waals surface area contributed by atoms with Crippen molar-refractivity contribution >= 4 is 21.8 Å².